The number of rotatable bonds is 8. The van der Waals surface area contributed by atoms with Crippen LogP contribution in [0, 0.1) is 13.8 Å². The first-order valence-electron chi connectivity index (χ1n) is 11.7. The van der Waals surface area contributed by atoms with E-state index >= 15 is 0 Å². The fourth-order valence-corrected chi connectivity index (χ4v) is 4.83. The van der Waals surface area contributed by atoms with Gasteiger partial charge in [0.15, 0.2) is 12.2 Å². The van der Waals surface area contributed by atoms with Crippen molar-refractivity contribution in [2.75, 3.05) is 31.6 Å². The number of aryl methyl sites for hydroxylation is 2. The Balaban J connectivity index is 1.47. The van der Waals surface area contributed by atoms with Crippen LogP contribution >= 0.6 is 0 Å². The molecule has 2 unspecified atom stereocenters. The largest absolute Gasteiger partial charge is 0.328 e. The van der Waals surface area contributed by atoms with E-state index in [1.165, 1.54) is 35.3 Å². The molecular weight excluding hydrogens is 390 g/mol. The zero-order valence-electron chi connectivity index (χ0n) is 19.3. The molecule has 2 atom stereocenters. The number of imide groups is 1. The van der Waals surface area contributed by atoms with Gasteiger partial charge in [-0.3, -0.25) is 9.69 Å². The quantitative estimate of drug-likeness (QED) is 0.595. The minimum Gasteiger partial charge on any atom is -0.325 e. The van der Waals surface area contributed by atoms with E-state index in [-0.39, 0.29) is 11.9 Å². The minimum atomic E-state index is -0.440. The number of guanidine groups is 1. The number of hydrogen-bond acceptors (Lipinski definition) is 5. The van der Waals surface area contributed by atoms with Crippen molar-refractivity contribution in [2.24, 2.45) is 4.99 Å². The molecule has 3 aliphatic heterocycles. The SMILES string of the molecule is CCCCCCCCN1C(=O)C2C(N=C3N(c4ccc(C)c(C)c4)CCN32)N(C)C1=O. The minimum absolute atomic E-state index is 0.0951. The molecule has 0 N–H and O–H groups in total. The molecule has 0 spiro atoms. The first-order chi connectivity index (χ1) is 14.9. The van der Waals surface area contributed by atoms with Crippen LogP contribution in [0.4, 0.5) is 10.5 Å². The van der Waals surface area contributed by atoms with Crippen LogP contribution in [0.2, 0.25) is 0 Å². The highest BCUT2D eigenvalue weighted by atomic mass is 16.2. The van der Waals surface area contributed by atoms with Gasteiger partial charge in [0.1, 0.15) is 0 Å². The Hall–Kier alpha value is -2.57. The van der Waals surface area contributed by atoms with E-state index < -0.39 is 12.2 Å². The van der Waals surface area contributed by atoms with Gasteiger partial charge in [-0.25, -0.2) is 9.79 Å². The van der Waals surface area contributed by atoms with Gasteiger partial charge >= 0.3 is 6.03 Å². The fourth-order valence-electron chi connectivity index (χ4n) is 4.83. The van der Waals surface area contributed by atoms with Crippen LogP contribution in [0.25, 0.3) is 0 Å². The Bertz CT molecular complexity index is 883. The highest BCUT2D eigenvalue weighted by Gasteiger charge is 2.54. The van der Waals surface area contributed by atoms with Crippen molar-refractivity contribution >= 4 is 23.6 Å². The van der Waals surface area contributed by atoms with Crippen LogP contribution in [0.3, 0.4) is 0 Å². The van der Waals surface area contributed by atoms with Gasteiger partial charge in [0, 0.05) is 32.4 Å². The second-order valence-corrected chi connectivity index (χ2v) is 9.05. The molecule has 1 aromatic rings. The number of urea groups is 1. The maximum absolute atomic E-state index is 13.4. The Kier molecular flexibility index (Phi) is 6.21. The first-order valence-corrected chi connectivity index (χ1v) is 11.7. The number of likely N-dealkylation sites (N-methyl/N-ethyl adjacent to an activating group) is 1. The molecule has 168 valence electrons. The van der Waals surface area contributed by atoms with Crippen LogP contribution in [0.15, 0.2) is 23.2 Å². The summed E-state index contributed by atoms with van der Waals surface area (Å²) >= 11 is 0. The first kappa shape index (κ1) is 21.7. The second-order valence-electron chi connectivity index (χ2n) is 9.05. The Morgan fingerprint density at radius 3 is 2.48 bits per heavy atom. The standard InChI is InChI=1S/C24H35N5O2/c1-5-6-7-8-9-10-13-29-22(30)20-21(26(4)24(29)31)25-23-27(14-15-28(20)23)19-12-11-17(2)18(3)16-19/h11-12,16,20-21H,5-10,13-15H2,1-4H3. The lowest BCUT2D eigenvalue weighted by Crippen LogP contribution is -2.64. The topological polar surface area (TPSA) is 59.5 Å². The summed E-state index contributed by atoms with van der Waals surface area (Å²) in [5.74, 6) is 0.718. The molecular formula is C24H35N5O2. The third-order valence-corrected chi connectivity index (χ3v) is 6.91. The molecule has 31 heavy (non-hydrogen) atoms. The number of unbranched alkanes of at least 4 members (excludes halogenated alkanes) is 5. The number of nitrogens with zero attached hydrogens (tertiary/aromatic N) is 5. The molecule has 1 aromatic carbocycles. The van der Waals surface area contributed by atoms with E-state index in [2.05, 4.69) is 48.8 Å². The number of benzene rings is 1. The number of anilines is 1. The molecule has 7 heteroatoms. The van der Waals surface area contributed by atoms with Crippen molar-refractivity contribution in [2.45, 2.75) is 71.5 Å². The summed E-state index contributed by atoms with van der Waals surface area (Å²) < 4.78 is 0. The van der Waals surface area contributed by atoms with Gasteiger partial charge in [0.05, 0.1) is 0 Å². The molecule has 2 saturated heterocycles. The zero-order chi connectivity index (χ0) is 22.1. The van der Waals surface area contributed by atoms with Crippen LogP contribution < -0.4 is 4.90 Å². The van der Waals surface area contributed by atoms with Crippen molar-refractivity contribution in [1.29, 1.82) is 0 Å². The average Bonchev–Trinajstić information content (AvgIpc) is 3.32. The lowest BCUT2D eigenvalue weighted by Gasteiger charge is -2.40. The highest BCUT2D eigenvalue weighted by molar-refractivity contribution is 6.08. The fraction of sp³-hybridized carbons (Fsp3) is 0.625. The maximum atomic E-state index is 13.4. The predicted molar refractivity (Wildman–Crippen MR) is 123 cm³/mol. The zero-order valence-corrected chi connectivity index (χ0v) is 19.3. The van der Waals surface area contributed by atoms with Gasteiger partial charge in [-0.05, 0) is 43.5 Å². The van der Waals surface area contributed by atoms with E-state index in [1.807, 2.05) is 0 Å². The Morgan fingerprint density at radius 1 is 1.00 bits per heavy atom. The van der Waals surface area contributed by atoms with Gasteiger partial charge in [-0.2, -0.15) is 0 Å². The summed E-state index contributed by atoms with van der Waals surface area (Å²) in [4.78, 5) is 38.5. The third kappa shape index (κ3) is 3.90. The maximum Gasteiger partial charge on any atom is 0.328 e. The van der Waals surface area contributed by atoms with E-state index in [0.717, 1.165) is 44.0 Å². The van der Waals surface area contributed by atoms with Gasteiger partial charge in [-0.15, -0.1) is 0 Å². The van der Waals surface area contributed by atoms with Gasteiger partial charge in [0.25, 0.3) is 5.91 Å². The average molecular weight is 426 g/mol. The summed E-state index contributed by atoms with van der Waals surface area (Å²) in [6.45, 7) is 8.46. The number of carbonyl (C=O) groups excluding carboxylic acids is 2. The summed E-state index contributed by atoms with van der Waals surface area (Å²) in [7, 11) is 1.77. The van der Waals surface area contributed by atoms with Crippen molar-refractivity contribution in [3.05, 3.63) is 29.3 Å². The molecule has 4 rings (SSSR count). The third-order valence-electron chi connectivity index (χ3n) is 6.91. The summed E-state index contributed by atoms with van der Waals surface area (Å²) in [6.07, 6.45) is 6.34. The monoisotopic (exact) mass is 425 g/mol. The lowest BCUT2D eigenvalue weighted by molar-refractivity contribution is -0.137. The van der Waals surface area contributed by atoms with Crippen LogP contribution in [-0.4, -0.2) is 71.5 Å². The van der Waals surface area contributed by atoms with Crippen LogP contribution in [-0.2, 0) is 4.79 Å². The molecule has 0 radical (unpaired) electrons. The molecule has 7 nitrogen and oxygen atoms in total. The molecule has 3 aliphatic rings. The smallest absolute Gasteiger partial charge is 0.325 e. The van der Waals surface area contributed by atoms with Crippen molar-refractivity contribution in [1.82, 2.24) is 14.7 Å². The number of carbonyl (C=O) groups is 2. The van der Waals surface area contributed by atoms with Gasteiger partial charge < -0.3 is 14.7 Å². The molecule has 0 aromatic heterocycles. The summed E-state index contributed by atoms with van der Waals surface area (Å²) in [6, 6.07) is 5.78. The molecule has 0 aliphatic carbocycles. The van der Waals surface area contributed by atoms with E-state index in [9.17, 15) is 9.59 Å². The number of hydrogen-bond donors (Lipinski definition) is 0. The predicted octanol–water partition coefficient (Wildman–Crippen LogP) is 3.74. The normalized spacial score (nSPS) is 22.9. The van der Waals surface area contributed by atoms with Crippen molar-refractivity contribution in [3.63, 3.8) is 0 Å². The summed E-state index contributed by atoms with van der Waals surface area (Å²) in [5, 5.41) is 0. The molecule has 2 fully saturated rings. The van der Waals surface area contributed by atoms with Gasteiger partial charge in [-0.1, -0.05) is 45.1 Å². The second kappa shape index (κ2) is 8.89. The van der Waals surface area contributed by atoms with E-state index in [4.69, 9.17) is 4.99 Å². The number of aliphatic imine (C=N–C) groups is 1. The number of fused-ring (bicyclic) bond motifs is 3. The van der Waals surface area contributed by atoms with Gasteiger partial charge in [0.2, 0.25) is 5.96 Å². The van der Waals surface area contributed by atoms with Crippen LogP contribution in [0.5, 0.6) is 0 Å². The van der Waals surface area contributed by atoms with E-state index in [1.54, 1.807) is 11.9 Å². The highest BCUT2D eigenvalue weighted by Crippen LogP contribution is 2.34. The molecule has 3 amide bonds. The van der Waals surface area contributed by atoms with Crippen molar-refractivity contribution < 1.29 is 9.59 Å². The Morgan fingerprint density at radius 2 is 1.74 bits per heavy atom. The van der Waals surface area contributed by atoms with Crippen molar-refractivity contribution in [3.8, 4) is 0 Å². The van der Waals surface area contributed by atoms with E-state index in [0.29, 0.717) is 6.54 Å². The van der Waals surface area contributed by atoms with Crippen LogP contribution in [0.1, 0.15) is 56.6 Å². The molecule has 0 saturated carbocycles. The summed E-state index contributed by atoms with van der Waals surface area (Å²) in [5.41, 5.74) is 3.58. The lowest BCUT2D eigenvalue weighted by atomic mass is 10.1. The Labute approximate surface area is 185 Å². The molecule has 0 bridgehead atoms. The number of amides is 3. The molecule has 3 heterocycles.